The lowest BCUT2D eigenvalue weighted by atomic mass is 10.2. The van der Waals surface area contributed by atoms with Gasteiger partial charge >= 0.3 is 12.3 Å². The van der Waals surface area contributed by atoms with Gasteiger partial charge in [0.1, 0.15) is 0 Å². The van der Waals surface area contributed by atoms with Crippen molar-refractivity contribution in [1.29, 1.82) is 0 Å². The van der Waals surface area contributed by atoms with Crippen molar-refractivity contribution in [3.8, 4) is 0 Å². The molecule has 1 aromatic carbocycles. The lowest BCUT2D eigenvalue weighted by Gasteiger charge is -2.10. The first kappa shape index (κ1) is 12.6. The van der Waals surface area contributed by atoms with Crippen LogP contribution in [0.4, 0.5) is 23.7 Å². The fourth-order valence-corrected chi connectivity index (χ4v) is 1.18. The smallest absolute Gasteiger partial charge is 0.416 e. The van der Waals surface area contributed by atoms with Gasteiger partial charge in [-0.2, -0.15) is 13.2 Å². The molecule has 0 atom stereocenters. The molecule has 16 heavy (non-hydrogen) atoms. The standard InChI is InChI=1S/C9H7ClF3NO2/c1-16-8(15)14-7-3-2-5(4-6(7)10)9(11,12)13/h2-4H,1H3,(H,14,15). The molecule has 0 saturated carbocycles. The zero-order chi connectivity index (χ0) is 12.3. The van der Waals surface area contributed by atoms with Crippen LogP contribution in [0.1, 0.15) is 5.56 Å². The molecular weight excluding hydrogens is 247 g/mol. The summed E-state index contributed by atoms with van der Waals surface area (Å²) in [5, 5.41) is 1.97. The summed E-state index contributed by atoms with van der Waals surface area (Å²) in [6.07, 6.45) is -5.27. The van der Waals surface area contributed by atoms with E-state index in [0.717, 1.165) is 25.3 Å². The van der Waals surface area contributed by atoms with E-state index in [1.54, 1.807) is 0 Å². The quantitative estimate of drug-likeness (QED) is 0.831. The molecule has 1 amide bonds. The molecule has 0 fully saturated rings. The number of hydrogen-bond donors (Lipinski definition) is 1. The van der Waals surface area contributed by atoms with E-state index in [1.165, 1.54) is 0 Å². The second-order valence-electron chi connectivity index (χ2n) is 2.81. The summed E-state index contributed by atoms with van der Waals surface area (Å²) < 4.78 is 41.0. The molecule has 1 rings (SSSR count). The van der Waals surface area contributed by atoms with Crippen LogP contribution in [0, 0.1) is 0 Å². The van der Waals surface area contributed by atoms with Gasteiger partial charge in [-0.25, -0.2) is 4.79 Å². The number of benzene rings is 1. The van der Waals surface area contributed by atoms with Crippen molar-refractivity contribution in [2.24, 2.45) is 0 Å². The van der Waals surface area contributed by atoms with Gasteiger partial charge in [0.25, 0.3) is 0 Å². The Bertz CT molecular complexity index is 406. The maximum atomic E-state index is 12.3. The molecule has 0 heterocycles. The number of rotatable bonds is 1. The molecule has 1 N–H and O–H groups in total. The Morgan fingerprint density at radius 1 is 1.44 bits per heavy atom. The molecule has 88 valence electrons. The number of methoxy groups -OCH3 is 1. The van der Waals surface area contributed by atoms with Crippen LogP contribution < -0.4 is 5.32 Å². The van der Waals surface area contributed by atoms with Crippen molar-refractivity contribution < 1.29 is 22.7 Å². The molecule has 1 aromatic rings. The number of anilines is 1. The topological polar surface area (TPSA) is 38.3 Å². The van der Waals surface area contributed by atoms with Crippen LogP contribution >= 0.6 is 11.6 Å². The summed E-state index contributed by atoms with van der Waals surface area (Å²) in [6.45, 7) is 0. The predicted molar refractivity (Wildman–Crippen MR) is 52.5 cm³/mol. The van der Waals surface area contributed by atoms with Crippen LogP contribution in [0.25, 0.3) is 0 Å². The van der Waals surface area contributed by atoms with Crippen molar-refractivity contribution >= 4 is 23.4 Å². The van der Waals surface area contributed by atoms with Gasteiger partial charge in [-0.3, -0.25) is 5.32 Å². The van der Waals surface area contributed by atoms with Gasteiger partial charge in [0.05, 0.1) is 23.4 Å². The Morgan fingerprint density at radius 2 is 2.06 bits per heavy atom. The van der Waals surface area contributed by atoms with Gasteiger partial charge in [-0.15, -0.1) is 0 Å². The molecule has 0 aliphatic heterocycles. The van der Waals surface area contributed by atoms with Crippen molar-refractivity contribution in [2.45, 2.75) is 6.18 Å². The third-order valence-corrected chi connectivity index (χ3v) is 2.03. The molecule has 0 unspecified atom stereocenters. The second kappa shape index (κ2) is 4.61. The highest BCUT2D eigenvalue weighted by atomic mass is 35.5. The number of hydrogen-bond acceptors (Lipinski definition) is 2. The third kappa shape index (κ3) is 3.03. The number of halogens is 4. The van der Waals surface area contributed by atoms with E-state index in [-0.39, 0.29) is 10.7 Å². The minimum absolute atomic E-state index is 0.0570. The monoisotopic (exact) mass is 253 g/mol. The number of amides is 1. The van der Waals surface area contributed by atoms with Crippen LogP contribution in [-0.4, -0.2) is 13.2 Å². The van der Waals surface area contributed by atoms with Gasteiger partial charge in [0.15, 0.2) is 0 Å². The summed E-state index contributed by atoms with van der Waals surface area (Å²) in [6, 6.07) is 2.60. The highest BCUT2D eigenvalue weighted by Gasteiger charge is 2.30. The van der Waals surface area contributed by atoms with E-state index in [1.807, 2.05) is 0 Å². The Morgan fingerprint density at radius 3 is 2.50 bits per heavy atom. The number of carbonyl (C=O) groups is 1. The van der Waals surface area contributed by atoms with Crippen LogP contribution in [0.2, 0.25) is 5.02 Å². The molecule has 3 nitrogen and oxygen atoms in total. The number of ether oxygens (including phenoxy) is 1. The number of carbonyl (C=O) groups excluding carboxylic acids is 1. The Hall–Kier alpha value is -1.43. The second-order valence-corrected chi connectivity index (χ2v) is 3.22. The minimum atomic E-state index is -4.46. The molecule has 0 bridgehead atoms. The molecule has 0 aliphatic rings. The normalized spacial score (nSPS) is 11.1. The molecular formula is C9H7ClF3NO2. The molecule has 0 saturated heterocycles. The lowest BCUT2D eigenvalue weighted by molar-refractivity contribution is -0.137. The van der Waals surface area contributed by atoms with Gasteiger partial charge in [0.2, 0.25) is 0 Å². The SMILES string of the molecule is COC(=O)Nc1ccc(C(F)(F)F)cc1Cl. The van der Waals surface area contributed by atoms with Gasteiger partial charge in [-0.05, 0) is 18.2 Å². The molecule has 0 aliphatic carbocycles. The maximum absolute atomic E-state index is 12.3. The molecule has 0 spiro atoms. The summed E-state index contributed by atoms with van der Waals surface area (Å²) in [4.78, 5) is 10.8. The average Bonchev–Trinajstić information content (AvgIpc) is 2.19. The van der Waals surface area contributed by atoms with E-state index in [0.29, 0.717) is 0 Å². The Balaban J connectivity index is 2.96. The van der Waals surface area contributed by atoms with Gasteiger partial charge < -0.3 is 4.74 Å². The fraction of sp³-hybridized carbons (Fsp3) is 0.222. The predicted octanol–water partition coefficient (Wildman–Crippen LogP) is 3.54. The van der Waals surface area contributed by atoms with Crippen LogP contribution in [-0.2, 0) is 10.9 Å². The molecule has 0 radical (unpaired) electrons. The first-order valence-electron chi connectivity index (χ1n) is 4.06. The first-order chi connectivity index (χ1) is 7.34. The van der Waals surface area contributed by atoms with E-state index < -0.39 is 17.8 Å². The van der Waals surface area contributed by atoms with Crippen LogP contribution in [0.3, 0.4) is 0 Å². The highest BCUT2D eigenvalue weighted by Crippen LogP contribution is 2.33. The Labute approximate surface area is 94.2 Å². The zero-order valence-corrected chi connectivity index (χ0v) is 8.82. The van der Waals surface area contributed by atoms with E-state index in [9.17, 15) is 18.0 Å². The van der Waals surface area contributed by atoms with Crippen molar-refractivity contribution in [3.63, 3.8) is 0 Å². The van der Waals surface area contributed by atoms with Crippen molar-refractivity contribution in [1.82, 2.24) is 0 Å². The Kier molecular flexibility index (Phi) is 3.64. The van der Waals surface area contributed by atoms with E-state index in [2.05, 4.69) is 10.1 Å². The zero-order valence-electron chi connectivity index (χ0n) is 8.06. The summed E-state index contributed by atoms with van der Waals surface area (Å²) in [5.74, 6) is 0. The molecule has 0 aromatic heterocycles. The summed E-state index contributed by atoms with van der Waals surface area (Å²) in [5.41, 5.74) is -0.825. The van der Waals surface area contributed by atoms with E-state index >= 15 is 0 Å². The first-order valence-corrected chi connectivity index (χ1v) is 4.44. The van der Waals surface area contributed by atoms with E-state index in [4.69, 9.17) is 11.6 Å². The highest BCUT2D eigenvalue weighted by molar-refractivity contribution is 6.33. The third-order valence-electron chi connectivity index (χ3n) is 1.72. The largest absolute Gasteiger partial charge is 0.453 e. The minimum Gasteiger partial charge on any atom is -0.453 e. The molecule has 7 heteroatoms. The number of alkyl halides is 3. The van der Waals surface area contributed by atoms with Gasteiger partial charge in [0, 0.05) is 0 Å². The summed E-state index contributed by atoms with van der Waals surface area (Å²) in [7, 11) is 1.13. The maximum Gasteiger partial charge on any atom is 0.416 e. The van der Waals surface area contributed by atoms with Gasteiger partial charge in [-0.1, -0.05) is 11.6 Å². The lowest BCUT2D eigenvalue weighted by Crippen LogP contribution is -2.12. The van der Waals surface area contributed by atoms with Crippen molar-refractivity contribution in [3.05, 3.63) is 28.8 Å². The fourth-order valence-electron chi connectivity index (χ4n) is 0.954. The van der Waals surface area contributed by atoms with Crippen LogP contribution in [0.15, 0.2) is 18.2 Å². The van der Waals surface area contributed by atoms with Crippen LogP contribution in [0.5, 0.6) is 0 Å². The average molecular weight is 254 g/mol. The summed E-state index contributed by atoms with van der Waals surface area (Å²) >= 11 is 5.57. The van der Waals surface area contributed by atoms with Crippen molar-refractivity contribution in [2.75, 3.05) is 12.4 Å². The number of nitrogens with one attached hydrogen (secondary N) is 1.